The summed E-state index contributed by atoms with van der Waals surface area (Å²) >= 11 is 0. The van der Waals surface area contributed by atoms with Gasteiger partial charge in [-0.25, -0.2) is 0 Å². The van der Waals surface area contributed by atoms with Crippen molar-refractivity contribution in [1.82, 2.24) is 0 Å². The first-order valence-corrected chi connectivity index (χ1v) is 17.0. The third-order valence-corrected chi connectivity index (χ3v) is 9.89. The van der Waals surface area contributed by atoms with Gasteiger partial charge in [-0.15, -0.1) is 0 Å². The van der Waals surface area contributed by atoms with Crippen LogP contribution in [0.5, 0.6) is 0 Å². The summed E-state index contributed by atoms with van der Waals surface area (Å²) in [6, 6.07) is 64.6. The van der Waals surface area contributed by atoms with Crippen molar-refractivity contribution < 1.29 is 8.83 Å². The van der Waals surface area contributed by atoms with Gasteiger partial charge < -0.3 is 8.83 Å². The summed E-state index contributed by atoms with van der Waals surface area (Å²) in [5.74, 6) is 0. The summed E-state index contributed by atoms with van der Waals surface area (Å²) in [5, 5.41) is 4.47. The molecule has 8 aromatic carbocycles. The third-order valence-electron chi connectivity index (χ3n) is 9.89. The zero-order valence-electron chi connectivity index (χ0n) is 27.1. The molecule has 2 heteroatoms. The van der Waals surface area contributed by atoms with E-state index in [-0.39, 0.29) is 0 Å². The number of furan rings is 2. The molecule has 2 heterocycles. The number of hydrogen-bond acceptors (Lipinski definition) is 2. The molecule has 0 saturated carbocycles. The molecule has 0 spiro atoms. The first kappa shape index (κ1) is 28.4. The Hall–Kier alpha value is -6.64. The van der Waals surface area contributed by atoms with E-state index in [0.29, 0.717) is 0 Å². The predicted molar refractivity (Wildman–Crippen MR) is 208 cm³/mol. The molecule has 0 bridgehead atoms. The normalized spacial score (nSPS) is 11.6. The molecule has 10 aromatic rings. The number of hydrogen-bond donors (Lipinski definition) is 0. The minimum atomic E-state index is 0.875. The smallest absolute Gasteiger partial charge is 0.136 e. The molecule has 0 saturated heterocycles. The molecule has 0 aliphatic carbocycles. The Labute approximate surface area is 289 Å². The number of fused-ring (bicyclic) bond motifs is 6. The van der Waals surface area contributed by atoms with E-state index in [0.717, 1.165) is 88.4 Å². The van der Waals surface area contributed by atoms with Gasteiger partial charge >= 0.3 is 0 Å². The van der Waals surface area contributed by atoms with E-state index in [1.165, 1.54) is 11.1 Å². The number of rotatable bonds is 5. The summed E-state index contributed by atoms with van der Waals surface area (Å²) < 4.78 is 12.8. The van der Waals surface area contributed by atoms with Gasteiger partial charge in [-0.05, 0) is 92.5 Å². The van der Waals surface area contributed by atoms with Gasteiger partial charge in [0, 0.05) is 27.1 Å². The van der Waals surface area contributed by atoms with Crippen LogP contribution in [0, 0.1) is 0 Å². The highest BCUT2D eigenvalue weighted by molar-refractivity contribution is 6.17. The molecule has 0 unspecified atom stereocenters. The molecule has 0 aliphatic rings. The minimum Gasteiger partial charge on any atom is -0.456 e. The monoisotopic (exact) mass is 638 g/mol. The van der Waals surface area contributed by atoms with Crippen LogP contribution in [0.4, 0.5) is 0 Å². The van der Waals surface area contributed by atoms with Crippen molar-refractivity contribution in [3.8, 4) is 55.6 Å². The molecule has 0 amide bonds. The lowest BCUT2D eigenvalue weighted by molar-refractivity contribution is 0.668. The van der Waals surface area contributed by atoms with Crippen LogP contribution >= 0.6 is 0 Å². The quantitative estimate of drug-likeness (QED) is 0.187. The lowest BCUT2D eigenvalue weighted by Crippen LogP contribution is -1.91. The van der Waals surface area contributed by atoms with Crippen molar-refractivity contribution in [2.75, 3.05) is 0 Å². The third kappa shape index (κ3) is 4.65. The van der Waals surface area contributed by atoms with Gasteiger partial charge in [0.05, 0.1) is 0 Å². The molecule has 0 aliphatic heterocycles. The van der Waals surface area contributed by atoms with Crippen LogP contribution < -0.4 is 0 Å². The first-order valence-electron chi connectivity index (χ1n) is 17.0. The molecule has 0 radical (unpaired) electrons. The van der Waals surface area contributed by atoms with Gasteiger partial charge in [0.1, 0.15) is 22.3 Å². The Kier molecular flexibility index (Phi) is 6.53. The Morgan fingerprint density at radius 2 is 0.760 bits per heavy atom. The van der Waals surface area contributed by atoms with Crippen LogP contribution in [-0.2, 0) is 0 Å². The summed E-state index contributed by atoms with van der Waals surface area (Å²) in [7, 11) is 0. The van der Waals surface area contributed by atoms with Crippen LogP contribution in [-0.4, -0.2) is 0 Å². The topological polar surface area (TPSA) is 26.3 Å². The average molecular weight is 639 g/mol. The Morgan fingerprint density at radius 3 is 1.46 bits per heavy atom. The minimum absolute atomic E-state index is 0.875. The van der Waals surface area contributed by atoms with Gasteiger partial charge in [-0.1, -0.05) is 140 Å². The summed E-state index contributed by atoms with van der Waals surface area (Å²) in [4.78, 5) is 0. The number of para-hydroxylation sites is 2. The lowest BCUT2D eigenvalue weighted by Gasteiger charge is -2.16. The maximum Gasteiger partial charge on any atom is 0.136 e. The van der Waals surface area contributed by atoms with Crippen molar-refractivity contribution in [3.05, 3.63) is 182 Å². The molecule has 0 atom stereocenters. The second-order valence-corrected chi connectivity index (χ2v) is 12.8. The summed E-state index contributed by atoms with van der Waals surface area (Å²) in [6.45, 7) is 0. The fourth-order valence-electron chi connectivity index (χ4n) is 7.57. The summed E-state index contributed by atoms with van der Waals surface area (Å²) in [6.07, 6.45) is 0. The largest absolute Gasteiger partial charge is 0.456 e. The fourth-order valence-corrected chi connectivity index (χ4v) is 7.57. The zero-order valence-corrected chi connectivity index (χ0v) is 27.1. The molecular weight excluding hydrogens is 609 g/mol. The molecule has 10 rings (SSSR count). The maximum absolute atomic E-state index is 6.50. The van der Waals surface area contributed by atoms with Crippen LogP contribution in [0.1, 0.15) is 0 Å². The SMILES string of the molecule is c1ccc(-c2ccc(-c3ccc4oc5ccccc5c4c3-c3cc(-c4ccccc4)cc(-c4cccc5oc6ccccc6c45)c3)cc2)cc1. The fraction of sp³-hybridized carbons (Fsp3) is 0. The highest BCUT2D eigenvalue weighted by Gasteiger charge is 2.20. The van der Waals surface area contributed by atoms with E-state index in [1.807, 2.05) is 18.2 Å². The van der Waals surface area contributed by atoms with E-state index in [4.69, 9.17) is 8.83 Å². The van der Waals surface area contributed by atoms with Crippen LogP contribution in [0.3, 0.4) is 0 Å². The van der Waals surface area contributed by atoms with Crippen molar-refractivity contribution in [1.29, 1.82) is 0 Å². The van der Waals surface area contributed by atoms with Gasteiger partial charge in [0.25, 0.3) is 0 Å². The van der Waals surface area contributed by atoms with Gasteiger partial charge in [-0.2, -0.15) is 0 Å². The average Bonchev–Trinajstić information content (AvgIpc) is 3.77. The Balaban J connectivity index is 1.28. The van der Waals surface area contributed by atoms with E-state index >= 15 is 0 Å². The number of benzene rings is 8. The van der Waals surface area contributed by atoms with Crippen LogP contribution in [0.2, 0.25) is 0 Å². The van der Waals surface area contributed by atoms with Crippen molar-refractivity contribution in [2.24, 2.45) is 0 Å². The first-order chi connectivity index (χ1) is 24.8. The van der Waals surface area contributed by atoms with Crippen LogP contribution in [0.25, 0.3) is 99.5 Å². The zero-order chi connectivity index (χ0) is 33.0. The van der Waals surface area contributed by atoms with Gasteiger partial charge in [-0.3, -0.25) is 0 Å². The summed E-state index contributed by atoms with van der Waals surface area (Å²) in [5.41, 5.74) is 15.1. The van der Waals surface area contributed by atoms with E-state index in [1.54, 1.807) is 0 Å². The highest BCUT2D eigenvalue weighted by Crippen LogP contribution is 2.46. The lowest BCUT2D eigenvalue weighted by atomic mass is 9.86. The molecule has 50 heavy (non-hydrogen) atoms. The molecular formula is C48H30O2. The molecule has 2 aromatic heterocycles. The van der Waals surface area contributed by atoms with Crippen molar-refractivity contribution in [2.45, 2.75) is 0 Å². The second-order valence-electron chi connectivity index (χ2n) is 12.8. The van der Waals surface area contributed by atoms with Crippen LogP contribution in [0.15, 0.2) is 191 Å². The van der Waals surface area contributed by atoms with E-state index in [9.17, 15) is 0 Å². The van der Waals surface area contributed by atoms with E-state index in [2.05, 4.69) is 164 Å². The molecule has 0 N–H and O–H groups in total. The van der Waals surface area contributed by atoms with E-state index < -0.39 is 0 Å². The molecule has 234 valence electrons. The molecule has 2 nitrogen and oxygen atoms in total. The standard InChI is InChI=1S/C48H30O2/c1-3-12-31(13-4-1)33-22-24-34(25-23-33)39-26-27-45-48(41-17-8-10-20-43(41)50-45)46(39)37-29-35(32-14-5-2-6-15-32)28-36(30-37)38-18-11-21-44-47(38)40-16-7-9-19-42(40)49-44/h1-30H. The van der Waals surface area contributed by atoms with Gasteiger partial charge in [0.15, 0.2) is 0 Å². The maximum atomic E-state index is 6.50. The predicted octanol–water partition coefficient (Wildman–Crippen LogP) is 13.8. The van der Waals surface area contributed by atoms with Crippen molar-refractivity contribution >= 4 is 43.9 Å². The highest BCUT2D eigenvalue weighted by atomic mass is 16.3. The Bertz CT molecular complexity index is 2840. The van der Waals surface area contributed by atoms with Crippen molar-refractivity contribution in [3.63, 3.8) is 0 Å². The Morgan fingerprint density at radius 1 is 0.260 bits per heavy atom. The second kappa shape index (κ2) is 11.5. The van der Waals surface area contributed by atoms with Gasteiger partial charge in [0.2, 0.25) is 0 Å². The molecule has 0 fully saturated rings.